The van der Waals surface area contributed by atoms with E-state index >= 15 is 0 Å². The highest BCUT2D eigenvalue weighted by Gasteiger charge is 2.26. The number of alkyl halides is 1. The van der Waals surface area contributed by atoms with Gasteiger partial charge in [0.25, 0.3) is 0 Å². The van der Waals surface area contributed by atoms with Crippen molar-refractivity contribution in [3.05, 3.63) is 58.3 Å². The number of carbonyl (C=O) groups excluding carboxylic acids is 1. The van der Waals surface area contributed by atoms with Crippen LogP contribution in [0.25, 0.3) is 10.9 Å². The molecule has 0 fully saturated rings. The molecule has 1 atom stereocenters. The monoisotopic (exact) mass is 486 g/mol. The van der Waals surface area contributed by atoms with Gasteiger partial charge in [0.15, 0.2) is 0 Å². The van der Waals surface area contributed by atoms with E-state index in [1.807, 2.05) is 42.3 Å². The Morgan fingerprint density at radius 3 is 2.87 bits per heavy atom. The fraction of sp³-hybridized carbons (Fsp3) is 0.278. The Morgan fingerprint density at radius 1 is 1.48 bits per heavy atom. The van der Waals surface area contributed by atoms with Crippen LogP contribution < -0.4 is 0 Å². The quantitative estimate of drug-likeness (QED) is 0.319. The summed E-state index contributed by atoms with van der Waals surface area (Å²) in [6.07, 6.45) is 6.64. The third-order valence-electron chi connectivity index (χ3n) is 3.82. The number of halogens is 2. The molecule has 1 N–H and O–H groups in total. The molecular formula is C18H20BrIN2O. The molecule has 122 valence electrons. The summed E-state index contributed by atoms with van der Waals surface area (Å²) in [4.78, 5) is 17.7. The van der Waals surface area contributed by atoms with Crippen LogP contribution in [0.15, 0.2) is 52.8 Å². The van der Waals surface area contributed by atoms with Crippen molar-refractivity contribution in [3.8, 4) is 0 Å². The second-order valence-corrected chi connectivity index (χ2v) is 7.17. The zero-order chi connectivity index (χ0) is 16.8. The largest absolute Gasteiger partial charge is 0.361 e. The number of amides is 1. The first-order chi connectivity index (χ1) is 11.1. The molecule has 1 aromatic carbocycles. The number of rotatable bonds is 7. The minimum Gasteiger partial charge on any atom is -0.361 e. The topological polar surface area (TPSA) is 36.1 Å². The van der Waals surface area contributed by atoms with Crippen LogP contribution in [0.3, 0.4) is 0 Å². The van der Waals surface area contributed by atoms with Gasteiger partial charge in [0.05, 0.1) is 17.9 Å². The molecule has 0 saturated heterocycles. The summed E-state index contributed by atoms with van der Waals surface area (Å²) in [6.45, 7) is 6.48. The van der Waals surface area contributed by atoms with Crippen molar-refractivity contribution in [3.63, 3.8) is 0 Å². The van der Waals surface area contributed by atoms with Crippen molar-refractivity contribution in [2.24, 2.45) is 0 Å². The second kappa shape index (κ2) is 8.68. The summed E-state index contributed by atoms with van der Waals surface area (Å²) < 4.78 is 1.14. The molecule has 23 heavy (non-hydrogen) atoms. The lowest BCUT2D eigenvalue weighted by atomic mass is 10.0. The number of nitrogens with one attached hydrogen (secondary N) is 1. The number of para-hydroxylation sites is 1. The Bertz CT molecular complexity index is 723. The van der Waals surface area contributed by atoms with Crippen LogP contribution in [-0.4, -0.2) is 27.7 Å². The van der Waals surface area contributed by atoms with Crippen LogP contribution in [-0.2, 0) is 4.79 Å². The van der Waals surface area contributed by atoms with Crippen LogP contribution in [0, 0.1) is 0 Å². The minimum atomic E-state index is -0.0292. The summed E-state index contributed by atoms with van der Waals surface area (Å²) in [5.41, 5.74) is 2.22. The first kappa shape index (κ1) is 18.3. The van der Waals surface area contributed by atoms with Gasteiger partial charge in [0, 0.05) is 26.2 Å². The van der Waals surface area contributed by atoms with Crippen molar-refractivity contribution < 1.29 is 4.79 Å². The molecule has 0 spiro atoms. The van der Waals surface area contributed by atoms with Crippen molar-refractivity contribution in [2.75, 3.05) is 11.9 Å². The molecule has 0 aliphatic carbocycles. The molecule has 3 nitrogen and oxygen atoms in total. The number of hydrogen-bond donors (Lipinski definition) is 1. The minimum absolute atomic E-state index is 0.0292. The van der Waals surface area contributed by atoms with Gasteiger partial charge in [-0.2, -0.15) is 0 Å². The number of hydrogen-bond acceptors (Lipinski definition) is 1. The summed E-state index contributed by atoms with van der Waals surface area (Å²) in [7, 11) is 0. The summed E-state index contributed by atoms with van der Waals surface area (Å²) in [5, 5.41) is 1.47. The fourth-order valence-electron chi connectivity index (χ4n) is 2.65. The second-order valence-electron chi connectivity index (χ2n) is 5.22. The molecule has 5 heteroatoms. The van der Waals surface area contributed by atoms with E-state index in [9.17, 15) is 4.79 Å². The van der Waals surface area contributed by atoms with Crippen LogP contribution in [0.1, 0.15) is 24.9 Å². The maximum absolute atomic E-state index is 12.5. The van der Waals surface area contributed by atoms with E-state index in [1.54, 1.807) is 0 Å². The highest BCUT2D eigenvalue weighted by atomic mass is 127. The van der Waals surface area contributed by atoms with Crippen LogP contribution in [0.4, 0.5) is 0 Å². The van der Waals surface area contributed by atoms with Crippen LogP contribution in [0.5, 0.6) is 0 Å². The maximum atomic E-state index is 12.5. The number of fused-ring (bicyclic) bond motifs is 1. The number of aromatic amines is 1. The molecule has 2 rings (SSSR count). The lowest BCUT2D eigenvalue weighted by Gasteiger charge is -2.31. The molecule has 1 heterocycles. The van der Waals surface area contributed by atoms with Gasteiger partial charge in [-0.05, 0) is 42.0 Å². The normalized spacial score (nSPS) is 13.1. The first-order valence-electron chi connectivity index (χ1n) is 7.45. The van der Waals surface area contributed by atoms with E-state index in [0.29, 0.717) is 18.3 Å². The third-order valence-corrected chi connectivity index (χ3v) is 5.26. The van der Waals surface area contributed by atoms with Gasteiger partial charge in [-0.3, -0.25) is 4.79 Å². The van der Waals surface area contributed by atoms with E-state index in [4.69, 9.17) is 0 Å². The summed E-state index contributed by atoms with van der Waals surface area (Å²) in [6, 6.07) is 8.15. The standard InChI is InChI=1S/C18H20BrIN2O/c1-3-7-17(22(18(23)10-19)12-13(20)4-2)15-11-21-16-9-6-5-8-14(15)16/h3-6,8-9,11,17,21H,1,7,10,12H2,2H3/b13-4-/t17-/m0/s1. The Morgan fingerprint density at radius 2 is 2.22 bits per heavy atom. The van der Waals surface area contributed by atoms with Crippen molar-refractivity contribution >= 4 is 55.3 Å². The van der Waals surface area contributed by atoms with Crippen LogP contribution in [0.2, 0.25) is 0 Å². The Balaban J connectivity index is 2.48. The number of aromatic nitrogens is 1. The first-order valence-corrected chi connectivity index (χ1v) is 9.65. The van der Waals surface area contributed by atoms with Crippen LogP contribution >= 0.6 is 38.5 Å². The molecule has 1 aromatic heterocycles. The predicted octanol–water partition coefficient (Wildman–Crippen LogP) is 5.35. The zero-order valence-electron chi connectivity index (χ0n) is 13.1. The summed E-state index contributed by atoms with van der Waals surface area (Å²) >= 11 is 5.60. The molecule has 0 unspecified atom stereocenters. The third kappa shape index (κ3) is 4.26. The molecule has 0 radical (unpaired) electrons. The summed E-state index contributed by atoms with van der Waals surface area (Å²) in [5.74, 6) is 0.0816. The molecule has 0 aliphatic rings. The van der Waals surface area contributed by atoms with E-state index < -0.39 is 0 Å². The zero-order valence-corrected chi connectivity index (χ0v) is 16.8. The Hall–Kier alpha value is -1.08. The molecule has 0 saturated carbocycles. The molecule has 0 aliphatic heterocycles. The number of benzene rings is 1. The average Bonchev–Trinajstić information content (AvgIpc) is 3.01. The number of allylic oxidation sites excluding steroid dienone is 1. The van der Waals surface area contributed by atoms with Crippen molar-refractivity contribution in [1.29, 1.82) is 0 Å². The van der Waals surface area contributed by atoms with E-state index in [1.165, 1.54) is 0 Å². The van der Waals surface area contributed by atoms with Gasteiger partial charge >= 0.3 is 0 Å². The Kier molecular flexibility index (Phi) is 6.89. The van der Waals surface area contributed by atoms with E-state index in [-0.39, 0.29) is 11.9 Å². The maximum Gasteiger partial charge on any atom is 0.234 e. The van der Waals surface area contributed by atoms with E-state index in [2.05, 4.69) is 62.2 Å². The fourth-order valence-corrected chi connectivity index (χ4v) is 3.34. The molecule has 1 amide bonds. The predicted molar refractivity (Wildman–Crippen MR) is 109 cm³/mol. The molecule has 0 bridgehead atoms. The lowest BCUT2D eigenvalue weighted by molar-refractivity contribution is -0.130. The van der Waals surface area contributed by atoms with Crippen molar-refractivity contribution in [2.45, 2.75) is 19.4 Å². The number of H-pyrrole nitrogens is 1. The highest BCUT2D eigenvalue weighted by molar-refractivity contribution is 14.1. The van der Waals surface area contributed by atoms with Gasteiger partial charge in [-0.1, -0.05) is 46.3 Å². The number of nitrogens with zero attached hydrogens (tertiary/aromatic N) is 1. The average molecular weight is 487 g/mol. The van der Waals surface area contributed by atoms with Gasteiger partial charge in [0.1, 0.15) is 0 Å². The molecule has 2 aromatic rings. The van der Waals surface area contributed by atoms with Gasteiger partial charge in [-0.25, -0.2) is 0 Å². The highest BCUT2D eigenvalue weighted by Crippen LogP contribution is 2.32. The van der Waals surface area contributed by atoms with E-state index in [0.717, 1.165) is 20.0 Å². The van der Waals surface area contributed by atoms with Crippen molar-refractivity contribution in [1.82, 2.24) is 9.88 Å². The smallest absolute Gasteiger partial charge is 0.234 e. The number of carbonyl (C=O) groups is 1. The lowest BCUT2D eigenvalue weighted by Crippen LogP contribution is -2.36. The van der Waals surface area contributed by atoms with Gasteiger partial charge < -0.3 is 9.88 Å². The Labute approximate surface area is 159 Å². The molecular weight excluding hydrogens is 467 g/mol. The van der Waals surface area contributed by atoms with Gasteiger partial charge in [-0.15, -0.1) is 6.58 Å². The van der Waals surface area contributed by atoms with Gasteiger partial charge in [0.2, 0.25) is 5.91 Å². The SMILES string of the molecule is C=CC[C@@H](c1c[nH]c2ccccc12)N(C/C(I)=C/C)C(=O)CBr.